The fourth-order valence-corrected chi connectivity index (χ4v) is 5.43. The van der Waals surface area contributed by atoms with Crippen LogP contribution < -0.4 is 10.1 Å². The van der Waals surface area contributed by atoms with E-state index in [4.69, 9.17) is 14.5 Å². The standard InChI is InChI=1S/C33H37N7O3/c1-21-16-23(9-14-29(21)42-24-10-13-28-27(17-24)36-20-39(28)5)37-31-30-26(34-19-35-31)12-11-25(38-30)22-8-6-7-15-40(18-22)32(41)43-33(2,3)4/h9-14,16-17,19-20,22H,6-8,15,18H2,1-5H3,(H,34,35,37)/t22-/m1/s1. The maximum absolute atomic E-state index is 12.9. The lowest BCUT2D eigenvalue weighted by molar-refractivity contribution is 0.0248. The van der Waals surface area contributed by atoms with Crippen LogP contribution in [0.1, 0.15) is 57.2 Å². The minimum absolute atomic E-state index is 0.0939. The molecule has 10 heteroatoms. The normalized spacial score (nSPS) is 15.8. The van der Waals surface area contributed by atoms with Crippen molar-refractivity contribution in [3.8, 4) is 11.5 Å². The first kappa shape index (κ1) is 28.4. The van der Waals surface area contributed by atoms with E-state index in [0.717, 1.165) is 64.3 Å². The van der Waals surface area contributed by atoms with E-state index in [1.54, 1.807) is 12.7 Å². The minimum Gasteiger partial charge on any atom is -0.457 e. The highest BCUT2D eigenvalue weighted by atomic mass is 16.6. The van der Waals surface area contributed by atoms with Crippen LogP contribution in [0.25, 0.3) is 22.1 Å². The minimum atomic E-state index is -0.533. The van der Waals surface area contributed by atoms with Gasteiger partial charge in [0.15, 0.2) is 5.82 Å². The number of ether oxygens (including phenoxy) is 2. The summed E-state index contributed by atoms with van der Waals surface area (Å²) < 4.78 is 13.8. The van der Waals surface area contributed by atoms with E-state index in [0.29, 0.717) is 24.4 Å². The summed E-state index contributed by atoms with van der Waals surface area (Å²) in [4.78, 5) is 33.1. The maximum Gasteiger partial charge on any atom is 0.410 e. The van der Waals surface area contributed by atoms with Crippen LogP contribution in [0, 0.1) is 6.92 Å². The van der Waals surface area contributed by atoms with E-state index in [1.807, 2.05) is 92.7 Å². The molecule has 5 aromatic rings. The number of imidazole rings is 1. The maximum atomic E-state index is 12.9. The number of aromatic nitrogens is 5. The number of aryl methyl sites for hydroxylation is 2. The second-order valence-electron chi connectivity index (χ2n) is 12.2. The first-order valence-electron chi connectivity index (χ1n) is 14.7. The van der Waals surface area contributed by atoms with Gasteiger partial charge in [-0.15, -0.1) is 0 Å². The summed E-state index contributed by atoms with van der Waals surface area (Å²) in [7, 11) is 1.97. The third-order valence-corrected chi connectivity index (χ3v) is 7.61. The summed E-state index contributed by atoms with van der Waals surface area (Å²) in [6.07, 6.45) is 5.97. The SMILES string of the molecule is Cc1cc(Nc2ncnc3ccc([C@@H]4CCCCN(C(=O)OC(C)(C)C)C4)nc23)ccc1Oc1ccc2c(c1)ncn2C. The smallest absolute Gasteiger partial charge is 0.410 e. The number of fused-ring (bicyclic) bond motifs is 2. The van der Waals surface area contributed by atoms with Gasteiger partial charge in [-0.3, -0.25) is 0 Å². The van der Waals surface area contributed by atoms with E-state index < -0.39 is 5.60 Å². The van der Waals surface area contributed by atoms with Gasteiger partial charge in [-0.25, -0.2) is 24.7 Å². The van der Waals surface area contributed by atoms with Crippen molar-refractivity contribution in [3.05, 3.63) is 72.4 Å². The lowest BCUT2D eigenvalue weighted by Gasteiger charge is -2.28. The fourth-order valence-electron chi connectivity index (χ4n) is 5.43. The molecule has 0 bridgehead atoms. The number of pyridine rings is 1. The van der Waals surface area contributed by atoms with E-state index in [9.17, 15) is 4.79 Å². The number of hydrogen-bond acceptors (Lipinski definition) is 8. The highest BCUT2D eigenvalue weighted by Gasteiger charge is 2.28. The molecule has 1 atom stereocenters. The molecule has 0 aliphatic carbocycles. The number of hydrogen-bond donors (Lipinski definition) is 1. The lowest BCUT2D eigenvalue weighted by Crippen LogP contribution is -2.38. The van der Waals surface area contributed by atoms with Gasteiger partial charge in [-0.2, -0.15) is 0 Å². The molecule has 1 aliphatic heterocycles. The molecule has 0 spiro atoms. The van der Waals surface area contributed by atoms with Crippen molar-refractivity contribution in [2.75, 3.05) is 18.4 Å². The zero-order valence-electron chi connectivity index (χ0n) is 25.3. The van der Waals surface area contributed by atoms with Gasteiger partial charge >= 0.3 is 6.09 Å². The number of carbonyl (C=O) groups is 1. The number of anilines is 2. The highest BCUT2D eigenvalue weighted by Crippen LogP contribution is 2.32. The summed E-state index contributed by atoms with van der Waals surface area (Å²) in [6, 6.07) is 15.8. The number of likely N-dealkylation sites (tertiary alicyclic amines) is 1. The van der Waals surface area contributed by atoms with Gasteiger partial charge in [0, 0.05) is 43.5 Å². The van der Waals surface area contributed by atoms with Crippen molar-refractivity contribution in [3.63, 3.8) is 0 Å². The number of benzene rings is 2. The average Bonchev–Trinajstić information content (AvgIpc) is 3.16. The first-order chi connectivity index (χ1) is 20.6. The van der Waals surface area contributed by atoms with Crippen LogP contribution in [0.4, 0.5) is 16.3 Å². The first-order valence-corrected chi connectivity index (χ1v) is 14.7. The van der Waals surface area contributed by atoms with E-state index in [-0.39, 0.29) is 12.0 Å². The van der Waals surface area contributed by atoms with Crippen LogP contribution in [0.15, 0.2) is 61.2 Å². The zero-order chi connectivity index (χ0) is 30.1. The van der Waals surface area contributed by atoms with Crippen LogP contribution in [0.2, 0.25) is 0 Å². The molecule has 0 radical (unpaired) electrons. The van der Waals surface area contributed by atoms with Crippen LogP contribution in [-0.2, 0) is 11.8 Å². The Hall–Kier alpha value is -4.73. The van der Waals surface area contributed by atoms with Crippen molar-refractivity contribution >= 4 is 39.7 Å². The van der Waals surface area contributed by atoms with Gasteiger partial charge in [0.1, 0.15) is 28.9 Å². The Kier molecular flexibility index (Phi) is 7.60. The predicted octanol–water partition coefficient (Wildman–Crippen LogP) is 7.26. The van der Waals surface area contributed by atoms with E-state index >= 15 is 0 Å². The number of amides is 1. The summed E-state index contributed by atoms with van der Waals surface area (Å²) in [5.74, 6) is 2.21. The Morgan fingerprint density at radius 2 is 1.86 bits per heavy atom. The molecular formula is C33H37N7O3. The molecule has 1 saturated heterocycles. The summed E-state index contributed by atoms with van der Waals surface area (Å²) in [5.41, 5.74) is 5.60. The van der Waals surface area contributed by atoms with Gasteiger partial charge in [0.05, 0.1) is 22.9 Å². The van der Waals surface area contributed by atoms with E-state index in [2.05, 4.69) is 20.3 Å². The quantitative estimate of drug-likeness (QED) is 0.232. The Morgan fingerprint density at radius 3 is 2.67 bits per heavy atom. The predicted molar refractivity (Wildman–Crippen MR) is 167 cm³/mol. The fraction of sp³-hybridized carbons (Fsp3) is 0.364. The van der Waals surface area contributed by atoms with Crippen LogP contribution in [0.5, 0.6) is 11.5 Å². The monoisotopic (exact) mass is 579 g/mol. The molecular weight excluding hydrogens is 542 g/mol. The van der Waals surface area contributed by atoms with Crippen LogP contribution >= 0.6 is 0 Å². The van der Waals surface area contributed by atoms with Gasteiger partial charge in [0.2, 0.25) is 0 Å². The van der Waals surface area contributed by atoms with Crippen molar-refractivity contribution < 1.29 is 14.3 Å². The van der Waals surface area contributed by atoms with Gasteiger partial charge < -0.3 is 24.3 Å². The van der Waals surface area contributed by atoms with Gasteiger partial charge in [-0.1, -0.05) is 6.42 Å². The molecule has 1 fully saturated rings. The Balaban J connectivity index is 1.21. The Morgan fingerprint density at radius 1 is 1.00 bits per heavy atom. The lowest BCUT2D eigenvalue weighted by atomic mass is 9.98. The van der Waals surface area contributed by atoms with Crippen LogP contribution in [0.3, 0.4) is 0 Å². The van der Waals surface area contributed by atoms with Gasteiger partial charge in [-0.05, 0) is 88.6 Å². The topological polar surface area (TPSA) is 107 Å². The molecule has 0 saturated carbocycles. The second kappa shape index (κ2) is 11.5. The van der Waals surface area contributed by atoms with Crippen molar-refractivity contribution in [2.24, 2.45) is 7.05 Å². The molecule has 222 valence electrons. The second-order valence-corrected chi connectivity index (χ2v) is 12.2. The number of carbonyl (C=O) groups excluding carboxylic acids is 1. The molecule has 2 aromatic carbocycles. The average molecular weight is 580 g/mol. The largest absolute Gasteiger partial charge is 0.457 e. The molecule has 0 unspecified atom stereocenters. The molecule has 1 amide bonds. The third kappa shape index (κ3) is 6.38. The molecule has 3 aromatic heterocycles. The van der Waals surface area contributed by atoms with Crippen LogP contribution in [-0.4, -0.2) is 54.2 Å². The summed E-state index contributed by atoms with van der Waals surface area (Å²) in [6.45, 7) is 8.94. The molecule has 6 rings (SSSR count). The van der Waals surface area contributed by atoms with E-state index in [1.165, 1.54) is 0 Å². The van der Waals surface area contributed by atoms with Crippen molar-refractivity contribution in [2.45, 2.75) is 58.5 Å². The number of rotatable bonds is 5. The molecule has 10 nitrogen and oxygen atoms in total. The van der Waals surface area contributed by atoms with Crippen molar-refractivity contribution in [1.82, 2.24) is 29.4 Å². The van der Waals surface area contributed by atoms with Crippen molar-refractivity contribution in [1.29, 1.82) is 0 Å². The van der Waals surface area contributed by atoms with Gasteiger partial charge in [0.25, 0.3) is 0 Å². The Labute approximate surface area is 251 Å². The third-order valence-electron chi connectivity index (χ3n) is 7.61. The summed E-state index contributed by atoms with van der Waals surface area (Å²) in [5, 5.41) is 3.43. The highest BCUT2D eigenvalue weighted by molar-refractivity contribution is 5.87. The molecule has 1 N–H and O–H groups in total. The number of nitrogens with one attached hydrogen (secondary N) is 1. The zero-order valence-corrected chi connectivity index (χ0v) is 25.3. The molecule has 4 heterocycles. The molecule has 43 heavy (non-hydrogen) atoms. The molecule has 1 aliphatic rings. The Bertz CT molecular complexity index is 1790. The summed E-state index contributed by atoms with van der Waals surface area (Å²) >= 11 is 0. The number of nitrogens with zero attached hydrogens (tertiary/aromatic N) is 6.